The summed E-state index contributed by atoms with van der Waals surface area (Å²) in [4.78, 5) is 2.22. The lowest BCUT2D eigenvalue weighted by molar-refractivity contribution is 0.222. The second-order valence-corrected chi connectivity index (χ2v) is 7.01. The molecule has 6 nitrogen and oxygen atoms in total. The van der Waals surface area contributed by atoms with Crippen LogP contribution < -0.4 is 5.46 Å². The van der Waals surface area contributed by atoms with Crippen LogP contribution in [0.5, 0.6) is 0 Å². The van der Waals surface area contributed by atoms with E-state index in [1.165, 1.54) is 16.4 Å². The first kappa shape index (κ1) is 15.5. The second-order valence-electron chi connectivity index (χ2n) is 5.11. The monoisotopic (exact) mass is 298 g/mol. The molecular weight excluding hydrogens is 279 g/mol. The van der Waals surface area contributed by atoms with Crippen molar-refractivity contribution < 1.29 is 18.5 Å². The summed E-state index contributed by atoms with van der Waals surface area (Å²) in [5.74, 6) is 0. The highest BCUT2D eigenvalue weighted by Crippen LogP contribution is 2.20. The molecule has 2 rings (SSSR count). The Labute approximate surface area is 119 Å². The van der Waals surface area contributed by atoms with Crippen LogP contribution in [0.25, 0.3) is 0 Å². The topological polar surface area (TPSA) is 81.1 Å². The highest BCUT2D eigenvalue weighted by Gasteiger charge is 2.29. The summed E-state index contributed by atoms with van der Waals surface area (Å²) in [7, 11) is -3.30. The van der Waals surface area contributed by atoms with E-state index >= 15 is 0 Å². The minimum atomic E-state index is -3.59. The summed E-state index contributed by atoms with van der Waals surface area (Å²) in [5.41, 5.74) is 0.789. The first-order valence-electron chi connectivity index (χ1n) is 6.48. The van der Waals surface area contributed by atoms with Crippen LogP contribution in [0.15, 0.2) is 23.1 Å². The van der Waals surface area contributed by atoms with Crippen molar-refractivity contribution in [3.05, 3.63) is 23.8 Å². The highest BCUT2D eigenvalue weighted by molar-refractivity contribution is 7.89. The van der Waals surface area contributed by atoms with Gasteiger partial charge in [-0.25, -0.2) is 8.42 Å². The number of sulfonamides is 1. The Morgan fingerprint density at radius 1 is 1.15 bits per heavy atom. The van der Waals surface area contributed by atoms with Crippen LogP contribution in [0.2, 0.25) is 0 Å². The van der Waals surface area contributed by atoms with Crippen molar-refractivity contribution in [1.82, 2.24) is 9.21 Å². The van der Waals surface area contributed by atoms with E-state index in [9.17, 15) is 18.5 Å². The van der Waals surface area contributed by atoms with Gasteiger partial charge in [-0.1, -0.05) is 12.1 Å². The van der Waals surface area contributed by atoms with E-state index in [1.807, 2.05) is 7.05 Å². The average Bonchev–Trinajstić information content (AvgIpc) is 2.39. The van der Waals surface area contributed by atoms with Crippen molar-refractivity contribution in [2.24, 2.45) is 0 Å². The maximum Gasteiger partial charge on any atom is 0.488 e. The molecule has 2 N–H and O–H groups in total. The summed E-state index contributed by atoms with van der Waals surface area (Å²) in [6.45, 7) is 3.99. The Morgan fingerprint density at radius 2 is 1.75 bits per heavy atom. The molecule has 0 spiro atoms. The minimum absolute atomic E-state index is 0.146. The first-order valence-corrected chi connectivity index (χ1v) is 7.92. The third kappa shape index (κ3) is 3.04. The molecule has 0 saturated carbocycles. The molecule has 0 aromatic heterocycles. The summed E-state index contributed by atoms with van der Waals surface area (Å²) < 4.78 is 26.7. The molecule has 20 heavy (non-hydrogen) atoms. The van der Waals surface area contributed by atoms with Crippen molar-refractivity contribution in [2.45, 2.75) is 11.8 Å². The molecule has 0 amide bonds. The van der Waals surface area contributed by atoms with Crippen molar-refractivity contribution in [1.29, 1.82) is 0 Å². The van der Waals surface area contributed by atoms with Crippen LogP contribution in [-0.4, -0.2) is 68.0 Å². The molecule has 0 radical (unpaired) electrons. The zero-order valence-corrected chi connectivity index (χ0v) is 12.5. The molecule has 1 aliphatic rings. The van der Waals surface area contributed by atoms with Gasteiger partial charge in [-0.05, 0) is 31.1 Å². The molecule has 110 valence electrons. The lowest BCUT2D eigenvalue weighted by atomic mass is 9.80. The van der Waals surface area contributed by atoms with Gasteiger partial charge in [0.05, 0.1) is 4.90 Å². The van der Waals surface area contributed by atoms with Crippen LogP contribution in [0, 0.1) is 6.92 Å². The number of piperazine rings is 1. The van der Waals surface area contributed by atoms with Crippen LogP contribution in [0.3, 0.4) is 0 Å². The Bertz CT molecular complexity index is 583. The average molecular weight is 298 g/mol. The second kappa shape index (κ2) is 5.83. The van der Waals surface area contributed by atoms with E-state index in [2.05, 4.69) is 4.90 Å². The lowest BCUT2D eigenvalue weighted by Gasteiger charge is -2.32. The molecule has 0 atom stereocenters. The fourth-order valence-corrected chi connectivity index (χ4v) is 3.90. The Kier molecular flexibility index (Phi) is 4.50. The van der Waals surface area contributed by atoms with Crippen molar-refractivity contribution in [2.75, 3.05) is 33.2 Å². The summed E-state index contributed by atoms with van der Waals surface area (Å²) in [6, 6.07) is 4.45. The van der Waals surface area contributed by atoms with Gasteiger partial charge in [-0.2, -0.15) is 4.31 Å². The molecule has 0 aliphatic carbocycles. The smallest absolute Gasteiger partial charge is 0.423 e. The SMILES string of the molecule is Cc1ccc(B(O)O)cc1S(=O)(=O)N1CCN(C)CC1. The van der Waals surface area contributed by atoms with E-state index in [4.69, 9.17) is 0 Å². The largest absolute Gasteiger partial charge is 0.488 e. The molecule has 1 saturated heterocycles. The molecule has 1 aliphatic heterocycles. The van der Waals surface area contributed by atoms with Crippen LogP contribution in [0.1, 0.15) is 5.56 Å². The molecule has 0 bridgehead atoms. The van der Waals surface area contributed by atoms with E-state index in [0.29, 0.717) is 31.7 Å². The van der Waals surface area contributed by atoms with Gasteiger partial charge in [0.15, 0.2) is 0 Å². The van der Waals surface area contributed by atoms with Gasteiger partial charge >= 0.3 is 7.12 Å². The Morgan fingerprint density at radius 3 is 2.30 bits per heavy atom. The number of hydrogen-bond acceptors (Lipinski definition) is 5. The molecule has 1 aromatic carbocycles. The number of hydrogen-bond donors (Lipinski definition) is 2. The predicted molar refractivity (Wildman–Crippen MR) is 77.3 cm³/mol. The van der Waals surface area contributed by atoms with Crippen LogP contribution in [0.4, 0.5) is 0 Å². The first-order chi connectivity index (χ1) is 9.32. The highest BCUT2D eigenvalue weighted by atomic mass is 32.2. The van der Waals surface area contributed by atoms with Gasteiger partial charge in [0.1, 0.15) is 0 Å². The van der Waals surface area contributed by atoms with E-state index in [-0.39, 0.29) is 10.4 Å². The third-order valence-corrected chi connectivity index (χ3v) is 5.63. The Hall–Kier alpha value is -0.925. The van der Waals surface area contributed by atoms with E-state index < -0.39 is 17.1 Å². The number of benzene rings is 1. The lowest BCUT2D eigenvalue weighted by Crippen LogP contribution is -2.47. The number of aryl methyl sites for hydroxylation is 1. The summed E-state index contributed by atoms with van der Waals surface area (Å²) >= 11 is 0. The van der Waals surface area contributed by atoms with E-state index in [1.54, 1.807) is 13.0 Å². The van der Waals surface area contributed by atoms with Crippen molar-refractivity contribution in [3.8, 4) is 0 Å². The summed E-state index contributed by atoms with van der Waals surface area (Å²) in [5, 5.41) is 18.4. The molecule has 1 fully saturated rings. The van der Waals surface area contributed by atoms with Crippen molar-refractivity contribution >= 4 is 22.6 Å². The molecule has 1 heterocycles. The number of nitrogens with zero attached hydrogens (tertiary/aromatic N) is 2. The predicted octanol–water partition coefficient (Wildman–Crippen LogP) is -1.39. The molecule has 0 unspecified atom stereocenters. The number of likely N-dealkylation sites (N-methyl/N-ethyl adjacent to an activating group) is 1. The van der Waals surface area contributed by atoms with Gasteiger partial charge in [-0.15, -0.1) is 0 Å². The van der Waals surface area contributed by atoms with Gasteiger partial charge in [0.2, 0.25) is 10.0 Å². The summed E-state index contributed by atoms with van der Waals surface area (Å²) in [6.07, 6.45) is 0. The quantitative estimate of drug-likeness (QED) is 0.672. The Balaban J connectivity index is 2.36. The van der Waals surface area contributed by atoms with Crippen LogP contribution in [-0.2, 0) is 10.0 Å². The molecular formula is C12H19BN2O4S. The fourth-order valence-electron chi connectivity index (χ4n) is 2.22. The number of rotatable bonds is 3. The van der Waals surface area contributed by atoms with Gasteiger partial charge in [0.25, 0.3) is 0 Å². The fraction of sp³-hybridized carbons (Fsp3) is 0.500. The molecule has 8 heteroatoms. The normalized spacial score (nSPS) is 18.2. The maximum absolute atomic E-state index is 12.6. The molecule has 1 aromatic rings. The zero-order chi connectivity index (χ0) is 14.9. The van der Waals surface area contributed by atoms with Crippen molar-refractivity contribution in [3.63, 3.8) is 0 Å². The zero-order valence-electron chi connectivity index (χ0n) is 11.7. The minimum Gasteiger partial charge on any atom is -0.423 e. The van der Waals surface area contributed by atoms with Crippen LogP contribution >= 0.6 is 0 Å². The van der Waals surface area contributed by atoms with Gasteiger partial charge in [0, 0.05) is 26.2 Å². The van der Waals surface area contributed by atoms with E-state index in [0.717, 1.165) is 0 Å². The standard InChI is InChI=1S/C12H19BN2O4S/c1-10-3-4-11(13(16)17)9-12(10)20(18,19)15-7-5-14(2)6-8-15/h3-4,9,16-17H,5-8H2,1-2H3. The van der Waals surface area contributed by atoms with Gasteiger partial charge in [-0.3, -0.25) is 0 Å². The third-order valence-electron chi connectivity index (χ3n) is 3.59. The maximum atomic E-state index is 12.6. The van der Waals surface area contributed by atoms with Gasteiger partial charge < -0.3 is 14.9 Å².